The van der Waals surface area contributed by atoms with Crippen LogP contribution in [-0.4, -0.2) is 59.5 Å². The molecule has 0 fully saturated rings. The minimum absolute atomic E-state index is 0.0209. The van der Waals surface area contributed by atoms with Crippen molar-refractivity contribution in [2.75, 3.05) is 25.0 Å². The smallest absolute Gasteiger partial charge is 0.326 e. The second kappa shape index (κ2) is 10.0. The highest BCUT2D eigenvalue weighted by molar-refractivity contribution is 5.93. The Hall–Kier alpha value is -3.10. The Labute approximate surface area is 151 Å². The van der Waals surface area contributed by atoms with Crippen LogP contribution in [0.15, 0.2) is 24.3 Å². The summed E-state index contributed by atoms with van der Waals surface area (Å²) in [6.07, 6.45) is 0. The van der Waals surface area contributed by atoms with Gasteiger partial charge in [0, 0.05) is 25.7 Å². The Morgan fingerprint density at radius 1 is 1.19 bits per heavy atom. The molecule has 4 N–H and O–H groups in total. The Morgan fingerprint density at radius 3 is 2.46 bits per heavy atom. The fourth-order valence-corrected chi connectivity index (χ4v) is 2.18. The molecule has 4 amide bonds. The predicted octanol–water partition coefficient (Wildman–Crippen LogP) is 0.554. The van der Waals surface area contributed by atoms with Gasteiger partial charge in [0.05, 0.1) is 6.54 Å². The maximum absolute atomic E-state index is 12.3. The molecule has 0 saturated carbocycles. The van der Waals surface area contributed by atoms with Crippen molar-refractivity contribution in [2.24, 2.45) is 0 Å². The van der Waals surface area contributed by atoms with E-state index in [1.54, 1.807) is 18.2 Å². The van der Waals surface area contributed by atoms with Gasteiger partial charge in [-0.2, -0.15) is 0 Å². The van der Waals surface area contributed by atoms with Crippen molar-refractivity contribution in [2.45, 2.75) is 26.8 Å². The second-order valence-corrected chi connectivity index (χ2v) is 5.76. The first kappa shape index (κ1) is 20.9. The third-order valence-electron chi connectivity index (χ3n) is 3.55. The van der Waals surface area contributed by atoms with E-state index in [1.165, 1.54) is 13.8 Å². The zero-order valence-corrected chi connectivity index (χ0v) is 15.0. The lowest BCUT2D eigenvalue weighted by atomic mass is 10.2. The first-order valence-electron chi connectivity index (χ1n) is 8.09. The Morgan fingerprint density at radius 2 is 1.88 bits per heavy atom. The standard InChI is InChI=1S/C17H24N4O5/c1-11-5-4-6-14(9-11)20-17(26)19-10-15(23)21(12(2)16(24)25)8-7-18-13(3)22/h4-6,9,12H,7-8,10H2,1-3H3,(H,18,22)(H,24,25)(H2,19,20,26). The number of benzene rings is 1. The van der Waals surface area contributed by atoms with Crippen LogP contribution in [0, 0.1) is 6.92 Å². The molecule has 0 bridgehead atoms. The number of carbonyl (C=O) groups is 4. The molecule has 0 heterocycles. The SMILES string of the molecule is CC(=O)NCCN(C(=O)CNC(=O)Nc1cccc(C)c1)C(C)C(=O)O. The highest BCUT2D eigenvalue weighted by atomic mass is 16.4. The number of carboxylic acids is 1. The van der Waals surface area contributed by atoms with E-state index in [-0.39, 0.29) is 25.5 Å². The summed E-state index contributed by atoms with van der Waals surface area (Å²) in [7, 11) is 0. The first-order chi connectivity index (χ1) is 12.2. The number of amides is 4. The average molecular weight is 364 g/mol. The van der Waals surface area contributed by atoms with Crippen LogP contribution in [0.4, 0.5) is 10.5 Å². The van der Waals surface area contributed by atoms with Crippen LogP contribution in [-0.2, 0) is 14.4 Å². The van der Waals surface area contributed by atoms with Crippen molar-refractivity contribution in [3.63, 3.8) is 0 Å². The van der Waals surface area contributed by atoms with Gasteiger partial charge < -0.3 is 26.0 Å². The quantitative estimate of drug-likeness (QED) is 0.536. The Bertz CT molecular complexity index is 677. The molecule has 1 unspecified atom stereocenters. The van der Waals surface area contributed by atoms with E-state index in [9.17, 15) is 19.2 Å². The average Bonchev–Trinajstić information content (AvgIpc) is 2.55. The van der Waals surface area contributed by atoms with Crippen LogP contribution < -0.4 is 16.0 Å². The number of carboxylic acid groups (broad SMARTS) is 1. The molecule has 1 atom stereocenters. The monoisotopic (exact) mass is 364 g/mol. The predicted molar refractivity (Wildman–Crippen MR) is 95.7 cm³/mol. The third kappa shape index (κ3) is 7.20. The number of hydrogen-bond donors (Lipinski definition) is 4. The van der Waals surface area contributed by atoms with E-state index in [0.717, 1.165) is 10.5 Å². The fraction of sp³-hybridized carbons (Fsp3) is 0.412. The molecule has 9 heteroatoms. The van der Waals surface area contributed by atoms with Crippen molar-refractivity contribution >= 4 is 29.5 Å². The van der Waals surface area contributed by atoms with E-state index in [2.05, 4.69) is 16.0 Å². The lowest BCUT2D eigenvalue weighted by molar-refractivity contribution is -0.149. The minimum atomic E-state index is -1.18. The fourth-order valence-electron chi connectivity index (χ4n) is 2.18. The minimum Gasteiger partial charge on any atom is -0.480 e. The Kier molecular flexibility index (Phi) is 8.07. The van der Waals surface area contributed by atoms with E-state index < -0.39 is 23.9 Å². The van der Waals surface area contributed by atoms with Gasteiger partial charge in [-0.1, -0.05) is 12.1 Å². The normalized spacial score (nSPS) is 11.2. The van der Waals surface area contributed by atoms with Crippen molar-refractivity contribution in [1.29, 1.82) is 0 Å². The van der Waals surface area contributed by atoms with Gasteiger partial charge in [0.2, 0.25) is 11.8 Å². The van der Waals surface area contributed by atoms with Gasteiger partial charge in [0.15, 0.2) is 0 Å². The molecule has 0 aliphatic heterocycles. The van der Waals surface area contributed by atoms with Crippen molar-refractivity contribution < 1.29 is 24.3 Å². The summed E-state index contributed by atoms with van der Waals surface area (Å²) in [5.74, 6) is -2.02. The van der Waals surface area contributed by atoms with Crippen molar-refractivity contribution in [3.8, 4) is 0 Å². The highest BCUT2D eigenvalue weighted by Crippen LogP contribution is 2.09. The zero-order chi connectivity index (χ0) is 19.7. The lowest BCUT2D eigenvalue weighted by Gasteiger charge is -2.26. The van der Waals surface area contributed by atoms with Crippen molar-refractivity contribution in [3.05, 3.63) is 29.8 Å². The summed E-state index contributed by atoms with van der Waals surface area (Å²) in [6, 6.07) is 5.49. The molecule has 0 aromatic heterocycles. The lowest BCUT2D eigenvalue weighted by Crippen LogP contribution is -2.50. The number of aryl methyl sites for hydroxylation is 1. The molecule has 1 aromatic rings. The van der Waals surface area contributed by atoms with E-state index >= 15 is 0 Å². The summed E-state index contributed by atoms with van der Waals surface area (Å²) in [5, 5.41) is 16.6. The molecular formula is C17H24N4O5. The van der Waals surface area contributed by atoms with Crippen LogP contribution in [0.1, 0.15) is 19.4 Å². The number of urea groups is 1. The molecule has 1 aromatic carbocycles. The van der Waals surface area contributed by atoms with Gasteiger partial charge in [-0.15, -0.1) is 0 Å². The second-order valence-electron chi connectivity index (χ2n) is 5.76. The van der Waals surface area contributed by atoms with Gasteiger partial charge >= 0.3 is 12.0 Å². The summed E-state index contributed by atoms with van der Waals surface area (Å²) in [4.78, 5) is 47.4. The first-order valence-corrected chi connectivity index (χ1v) is 8.09. The van der Waals surface area contributed by atoms with Gasteiger partial charge in [0.1, 0.15) is 6.04 Å². The zero-order valence-electron chi connectivity index (χ0n) is 15.0. The summed E-state index contributed by atoms with van der Waals surface area (Å²) < 4.78 is 0. The molecule has 0 aliphatic rings. The number of rotatable bonds is 8. The van der Waals surface area contributed by atoms with Crippen LogP contribution in [0.3, 0.4) is 0 Å². The van der Waals surface area contributed by atoms with Crippen LogP contribution in [0.2, 0.25) is 0 Å². The van der Waals surface area contributed by atoms with E-state index in [4.69, 9.17) is 5.11 Å². The molecule has 1 rings (SSSR count). The number of anilines is 1. The third-order valence-corrected chi connectivity index (χ3v) is 3.55. The van der Waals surface area contributed by atoms with Crippen molar-refractivity contribution in [1.82, 2.24) is 15.5 Å². The number of aliphatic carboxylic acids is 1. The van der Waals surface area contributed by atoms with Gasteiger partial charge in [-0.25, -0.2) is 9.59 Å². The largest absolute Gasteiger partial charge is 0.480 e. The Balaban J connectivity index is 2.59. The topological polar surface area (TPSA) is 128 Å². The molecule has 9 nitrogen and oxygen atoms in total. The van der Waals surface area contributed by atoms with E-state index in [0.29, 0.717) is 5.69 Å². The van der Waals surface area contributed by atoms with E-state index in [1.807, 2.05) is 13.0 Å². The molecular weight excluding hydrogens is 340 g/mol. The van der Waals surface area contributed by atoms with Gasteiger partial charge in [-0.05, 0) is 31.5 Å². The van der Waals surface area contributed by atoms with Gasteiger partial charge in [-0.3, -0.25) is 9.59 Å². The molecule has 0 spiro atoms. The molecule has 26 heavy (non-hydrogen) atoms. The number of hydrogen-bond acceptors (Lipinski definition) is 4. The summed E-state index contributed by atoms with van der Waals surface area (Å²) in [6.45, 7) is 4.34. The maximum Gasteiger partial charge on any atom is 0.326 e. The summed E-state index contributed by atoms with van der Waals surface area (Å²) in [5.41, 5.74) is 1.55. The van der Waals surface area contributed by atoms with Crippen LogP contribution in [0.25, 0.3) is 0 Å². The maximum atomic E-state index is 12.3. The van der Waals surface area contributed by atoms with Crippen LogP contribution in [0.5, 0.6) is 0 Å². The summed E-state index contributed by atoms with van der Waals surface area (Å²) >= 11 is 0. The highest BCUT2D eigenvalue weighted by Gasteiger charge is 2.25. The van der Waals surface area contributed by atoms with Gasteiger partial charge in [0.25, 0.3) is 0 Å². The number of nitrogens with zero attached hydrogens (tertiary/aromatic N) is 1. The van der Waals surface area contributed by atoms with Crippen LogP contribution >= 0.6 is 0 Å². The number of carbonyl (C=O) groups excluding carboxylic acids is 3. The number of nitrogens with one attached hydrogen (secondary N) is 3. The molecule has 0 saturated heterocycles. The molecule has 0 radical (unpaired) electrons. The molecule has 142 valence electrons. The molecule has 0 aliphatic carbocycles.